The van der Waals surface area contributed by atoms with E-state index < -0.39 is 24.6 Å². The third kappa shape index (κ3) is 653. The van der Waals surface area contributed by atoms with Gasteiger partial charge in [0.1, 0.15) is 0 Å². The second-order valence-corrected chi connectivity index (χ2v) is 1.06. The molecular weight excluding hydrogens is 358 g/mol. The molecule has 0 aromatic carbocycles. The van der Waals surface area contributed by atoms with Crippen molar-refractivity contribution in [2.75, 3.05) is 0 Å². The Morgan fingerprint density at radius 3 is 0.556 bits per heavy atom. The first-order chi connectivity index (χ1) is 6.93. The molecule has 0 aromatic rings. The van der Waals surface area contributed by atoms with Gasteiger partial charge in [0.25, 0.3) is 0 Å². The van der Waals surface area contributed by atoms with E-state index in [4.69, 9.17) is 60.0 Å². The summed E-state index contributed by atoms with van der Waals surface area (Å²) in [7, 11) is 0. The topological polar surface area (TPSA) is 241 Å². The Kier molecular flexibility index (Phi) is 58.8. The quantitative estimate of drug-likeness (QED) is 0.298. The van der Waals surface area contributed by atoms with Gasteiger partial charge in [-0.3, -0.25) is 0 Å². The SMILES string of the molecule is O=C([O-])O.O=C([O-])O.O=C([O-])O.O=C([O-])O.[Co+2].[Ni+2]. The number of hydrogen-bond acceptors (Lipinski definition) is 8. The molecule has 0 saturated carbocycles. The van der Waals surface area contributed by atoms with Gasteiger partial charge in [-0.25, -0.2) is 0 Å². The van der Waals surface area contributed by atoms with Crippen LogP contribution in [0.2, 0.25) is 0 Å². The van der Waals surface area contributed by atoms with Crippen LogP contribution in [0.15, 0.2) is 0 Å². The van der Waals surface area contributed by atoms with Crippen LogP contribution >= 0.6 is 0 Å². The molecule has 111 valence electrons. The van der Waals surface area contributed by atoms with Gasteiger partial charge >= 0.3 is 33.3 Å². The first-order valence-electron chi connectivity index (χ1n) is 2.53. The first kappa shape index (κ1) is 36.0. The molecule has 0 saturated heterocycles. The normalized spacial score (nSPS) is 5.33. The monoisotopic (exact) mass is 361 g/mol. The molecule has 14 heteroatoms. The summed E-state index contributed by atoms with van der Waals surface area (Å²) in [5.41, 5.74) is 0. The smallest absolute Gasteiger partial charge is 0.565 e. The average Bonchev–Trinajstić information content (AvgIpc) is 1.76. The Morgan fingerprint density at radius 1 is 0.556 bits per heavy atom. The first-order valence-corrected chi connectivity index (χ1v) is 2.53. The second kappa shape index (κ2) is 29.4. The van der Waals surface area contributed by atoms with Gasteiger partial charge in [0.15, 0.2) is 0 Å². The van der Waals surface area contributed by atoms with Crippen molar-refractivity contribution in [3.8, 4) is 0 Å². The minimum absolute atomic E-state index is 0. The fraction of sp³-hybridized carbons (Fsp3) is 0. The van der Waals surface area contributed by atoms with Crippen LogP contribution in [0.25, 0.3) is 0 Å². The Labute approximate surface area is 118 Å². The van der Waals surface area contributed by atoms with Crippen molar-refractivity contribution in [2.24, 2.45) is 0 Å². The van der Waals surface area contributed by atoms with Crippen LogP contribution in [0, 0.1) is 0 Å². The van der Waals surface area contributed by atoms with Crippen LogP contribution in [0.3, 0.4) is 0 Å². The van der Waals surface area contributed by atoms with E-state index in [-0.39, 0.29) is 33.3 Å². The van der Waals surface area contributed by atoms with E-state index in [0.717, 1.165) is 0 Å². The van der Waals surface area contributed by atoms with Crippen LogP contribution in [0.1, 0.15) is 0 Å². The zero-order valence-corrected chi connectivity index (χ0v) is 9.73. The molecule has 0 aromatic heterocycles. The molecule has 0 bridgehead atoms. The number of carbonyl (C=O) groups is 4. The maximum atomic E-state index is 8.44. The summed E-state index contributed by atoms with van der Waals surface area (Å²) in [4.78, 5) is 33.8. The Balaban J connectivity index is -0.0000000257. The molecule has 0 spiro atoms. The minimum atomic E-state index is -2.08. The number of carboxylic acid groups (broad SMARTS) is 8. The molecule has 0 aliphatic heterocycles. The predicted molar refractivity (Wildman–Crippen MR) is 32.1 cm³/mol. The summed E-state index contributed by atoms with van der Waals surface area (Å²) < 4.78 is 0. The van der Waals surface area contributed by atoms with Gasteiger partial charge in [0.2, 0.25) is 24.6 Å². The van der Waals surface area contributed by atoms with E-state index in [1.54, 1.807) is 0 Å². The standard InChI is InChI=1S/4CH2O3.Co.Ni/c4*2-1(3)4;;/h4*(H2,2,3,4);;/q;;;;2*+2/p-4. The second-order valence-electron chi connectivity index (χ2n) is 1.06. The average molecular weight is 362 g/mol. The molecule has 0 aliphatic carbocycles. The maximum Gasteiger partial charge on any atom is 2.00 e. The van der Waals surface area contributed by atoms with Crippen LogP contribution in [0.5, 0.6) is 0 Å². The number of rotatable bonds is 0. The van der Waals surface area contributed by atoms with Crippen LogP contribution in [0.4, 0.5) is 19.2 Å². The van der Waals surface area contributed by atoms with Gasteiger partial charge in [0, 0.05) is 0 Å². The van der Waals surface area contributed by atoms with Gasteiger partial charge in [-0.2, -0.15) is 0 Å². The van der Waals surface area contributed by atoms with Gasteiger partial charge < -0.3 is 60.0 Å². The third-order valence-corrected chi connectivity index (χ3v) is 0. The molecule has 4 N–H and O–H groups in total. The van der Waals surface area contributed by atoms with E-state index in [0.29, 0.717) is 0 Å². The van der Waals surface area contributed by atoms with Gasteiger partial charge in [0.05, 0.1) is 0 Å². The molecule has 0 fully saturated rings. The zero-order chi connectivity index (χ0) is 14.3. The molecule has 0 aliphatic rings. The van der Waals surface area contributed by atoms with Crippen LogP contribution in [-0.4, -0.2) is 45.0 Å². The van der Waals surface area contributed by atoms with E-state index >= 15 is 0 Å². The third-order valence-electron chi connectivity index (χ3n) is 0. The van der Waals surface area contributed by atoms with Gasteiger partial charge in [-0.15, -0.1) is 0 Å². The largest absolute Gasteiger partial charge is 2.00 e. The van der Waals surface area contributed by atoms with Gasteiger partial charge in [-0.05, 0) is 0 Å². The summed E-state index contributed by atoms with van der Waals surface area (Å²) in [5.74, 6) is 0. The number of hydrogen-bond donors (Lipinski definition) is 4. The molecule has 12 nitrogen and oxygen atoms in total. The summed E-state index contributed by atoms with van der Waals surface area (Å²) in [6.45, 7) is 0. The minimum Gasteiger partial charge on any atom is -0.565 e. The van der Waals surface area contributed by atoms with Crippen molar-refractivity contribution in [1.82, 2.24) is 0 Å². The van der Waals surface area contributed by atoms with Crippen molar-refractivity contribution in [3.05, 3.63) is 0 Å². The van der Waals surface area contributed by atoms with E-state index in [9.17, 15) is 0 Å². The fourth-order valence-electron chi connectivity index (χ4n) is 0. The summed E-state index contributed by atoms with van der Waals surface area (Å²) in [6, 6.07) is 0. The van der Waals surface area contributed by atoms with Crippen molar-refractivity contribution in [1.29, 1.82) is 0 Å². The zero-order valence-electron chi connectivity index (χ0n) is 7.70. The summed E-state index contributed by atoms with van der Waals surface area (Å²) >= 11 is 0. The van der Waals surface area contributed by atoms with E-state index in [1.807, 2.05) is 0 Å². The predicted octanol–water partition coefficient (Wildman–Crippen LogP) is -4.45. The molecule has 1 radical (unpaired) electrons. The van der Waals surface area contributed by atoms with Crippen molar-refractivity contribution < 1.29 is 93.3 Å². The molecule has 0 amide bonds. The molecule has 0 unspecified atom stereocenters. The Morgan fingerprint density at radius 2 is 0.556 bits per heavy atom. The summed E-state index contributed by atoms with van der Waals surface area (Å²) in [5, 5.41) is 61.2. The summed E-state index contributed by atoms with van der Waals surface area (Å²) in [6.07, 6.45) is -8.33. The van der Waals surface area contributed by atoms with E-state index in [1.165, 1.54) is 0 Å². The fourth-order valence-corrected chi connectivity index (χ4v) is 0. The molecule has 18 heavy (non-hydrogen) atoms. The molecule has 0 rings (SSSR count). The molecule has 0 heterocycles. The van der Waals surface area contributed by atoms with Gasteiger partial charge in [-0.1, -0.05) is 0 Å². The van der Waals surface area contributed by atoms with Crippen molar-refractivity contribution >= 4 is 24.6 Å². The molecular formula is C4H4CoNiO12. The molecule has 0 atom stereocenters. The van der Waals surface area contributed by atoms with E-state index in [2.05, 4.69) is 0 Å². The van der Waals surface area contributed by atoms with Crippen molar-refractivity contribution in [3.63, 3.8) is 0 Å². The van der Waals surface area contributed by atoms with Crippen molar-refractivity contribution in [2.45, 2.75) is 0 Å². The Hall–Kier alpha value is -1.92. The van der Waals surface area contributed by atoms with Crippen LogP contribution < -0.4 is 20.4 Å². The Bertz CT molecular complexity index is 164. The maximum absolute atomic E-state index is 8.44. The van der Waals surface area contributed by atoms with Crippen LogP contribution in [-0.2, 0) is 33.3 Å².